The maximum Gasteiger partial charge on any atom is 0.242 e. The van der Waals surface area contributed by atoms with Gasteiger partial charge in [0.05, 0.1) is 12.8 Å². The maximum absolute atomic E-state index is 11.8. The average Bonchev–Trinajstić information content (AvgIpc) is 3.11. The minimum Gasteiger partial charge on any atom is -0.467 e. The Labute approximate surface area is 173 Å². The van der Waals surface area contributed by atoms with Crippen molar-refractivity contribution in [2.75, 3.05) is 53.5 Å². The zero-order valence-electron chi connectivity index (χ0n) is 15.9. The minimum absolute atomic E-state index is 0. The van der Waals surface area contributed by atoms with E-state index in [1.807, 2.05) is 13.0 Å². The summed E-state index contributed by atoms with van der Waals surface area (Å²) < 4.78 is 10.2. The molecular weight excluding hydrogens is 449 g/mol. The van der Waals surface area contributed by atoms with Crippen molar-refractivity contribution in [1.82, 2.24) is 20.9 Å². The van der Waals surface area contributed by atoms with Crippen LogP contribution in [0.3, 0.4) is 0 Å². The van der Waals surface area contributed by atoms with Crippen LogP contribution in [0.4, 0.5) is 0 Å². The molecule has 0 bridgehead atoms. The monoisotopic (exact) mass is 481 g/mol. The Morgan fingerprint density at radius 3 is 2.77 bits per heavy atom. The summed E-state index contributed by atoms with van der Waals surface area (Å²) in [6.07, 6.45) is 2.59. The zero-order valence-corrected chi connectivity index (χ0v) is 18.2. The molecule has 1 amide bonds. The fraction of sp³-hybridized carbons (Fsp3) is 0.647. The van der Waals surface area contributed by atoms with Crippen LogP contribution < -0.4 is 16.0 Å². The summed E-state index contributed by atoms with van der Waals surface area (Å²) in [5, 5.41) is 9.14. The molecule has 1 heterocycles. The number of furan rings is 1. The van der Waals surface area contributed by atoms with Gasteiger partial charge in [0.25, 0.3) is 0 Å². The van der Waals surface area contributed by atoms with Crippen LogP contribution in [0.15, 0.2) is 27.8 Å². The highest BCUT2D eigenvalue weighted by Gasteiger charge is 2.04. The number of likely N-dealkylation sites (N-methyl/N-ethyl adjacent to an activating group) is 1. The van der Waals surface area contributed by atoms with Crippen LogP contribution >= 0.6 is 24.0 Å². The first-order valence-corrected chi connectivity index (χ1v) is 8.64. The second kappa shape index (κ2) is 15.9. The highest BCUT2D eigenvalue weighted by atomic mass is 127. The number of rotatable bonds is 12. The summed E-state index contributed by atoms with van der Waals surface area (Å²) in [5.41, 5.74) is 0. The van der Waals surface area contributed by atoms with Gasteiger partial charge < -0.3 is 30.0 Å². The van der Waals surface area contributed by atoms with E-state index < -0.39 is 0 Å². The smallest absolute Gasteiger partial charge is 0.242 e. The number of hydrogen-bond donors (Lipinski definition) is 3. The zero-order chi connectivity index (χ0) is 18.3. The Kier molecular flexibility index (Phi) is 15.1. The molecule has 1 aromatic rings. The standard InChI is InChI=1S/C17H31N5O3.HI/c1-4-18-17(19-8-10-22(2)9-6-11-24-3)21-14-16(23)20-13-15-7-5-12-25-15;/h5,7,12H,4,6,8-11,13-14H2,1-3H3,(H,20,23)(H2,18,19,21);1H. The lowest BCUT2D eigenvalue weighted by Crippen LogP contribution is -2.41. The summed E-state index contributed by atoms with van der Waals surface area (Å²) in [6.45, 7) is 6.57. The summed E-state index contributed by atoms with van der Waals surface area (Å²) in [4.78, 5) is 18.4. The van der Waals surface area contributed by atoms with Gasteiger partial charge in [-0.05, 0) is 32.5 Å². The van der Waals surface area contributed by atoms with Crippen molar-refractivity contribution in [3.05, 3.63) is 24.2 Å². The van der Waals surface area contributed by atoms with Crippen LogP contribution in [0.25, 0.3) is 0 Å². The first-order valence-electron chi connectivity index (χ1n) is 8.64. The number of ether oxygens (including phenoxy) is 1. The molecule has 0 aliphatic rings. The fourth-order valence-corrected chi connectivity index (χ4v) is 2.10. The Morgan fingerprint density at radius 1 is 1.31 bits per heavy atom. The first kappa shape index (κ1) is 24.7. The van der Waals surface area contributed by atoms with Gasteiger partial charge in [0.1, 0.15) is 12.3 Å². The summed E-state index contributed by atoms with van der Waals surface area (Å²) in [7, 11) is 3.79. The molecule has 3 N–H and O–H groups in total. The molecule has 9 heteroatoms. The van der Waals surface area contributed by atoms with Gasteiger partial charge in [-0.1, -0.05) is 0 Å². The molecule has 0 saturated carbocycles. The van der Waals surface area contributed by atoms with E-state index >= 15 is 0 Å². The van der Waals surface area contributed by atoms with E-state index in [9.17, 15) is 4.79 Å². The normalized spacial score (nSPS) is 11.2. The van der Waals surface area contributed by atoms with E-state index in [4.69, 9.17) is 9.15 Å². The van der Waals surface area contributed by atoms with E-state index in [1.54, 1.807) is 19.4 Å². The third kappa shape index (κ3) is 12.1. The van der Waals surface area contributed by atoms with Gasteiger partial charge in [-0.2, -0.15) is 0 Å². The summed E-state index contributed by atoms with van der Waals surface area (Å²) in [5.74, 6) is 1.21. The molecule has 0 radical (unpaired) electrons. The van der Waals surface area contributed by atoms with Crippen LogP contribution in [0.1, 0.15) is 19.1 Å². The third-order valence-corrected chi connectivity index (χ3v) is 3.44. The molecule has 150 valence electrons. The molecule has 8 nitrogen and oxygen atoms in total. The van der Waals surface area contributed by atoms with Crippen molar-refractivity contribution < 1.29 is 13.9 Å². The van der Waals surface area contributed by atoms with Gasteiger partial charge >= 0.3 is 0 Å². The lowest BCUT2D eigenvalue weighted by Gasteiger charge is -2.18. The van der Waals surface area contributed by atoms with Gasteiger partial charge in [-0.3, -0.25) is 4.79 Å². The summed E-state index contributed by atoms with van der Waals surface area (Å²) >= 11 is 0. The lowest BCUT2D eigenvalue weighted by molar-refractivity contribution is -0.119. The number of carbonyl (C=O) groups excluding carboxylic acids is 1. The number of methoxy groups -OCH3 is 1. The van der Waals surface area contributed by atoms with E-state index in [1.165, 1.54) is 0 Å². The Morgan fingerprint density at radius 2 is 2.12 bits per heavy atom. The SMILES string of the molecule is CCNC(=NCC(=O)NCc1ccco1)NCCN(C)CCCOC.I. The van der Waals surface area contributed by atoms with Crippen molar-refractivity contribution in [2.24, 2.45) is 4.99 Å². The molecule has 1 aromatic heterocycles. The fourth-order valence-electron chi connectivity index (χ4n) is 2.10. The second-order valence-electron chi connectivity index (χ2n) is 5.63. The largest absolute Gasteiger partial charge is 0.467 e. The predicted molar refractivity (Wildman–Crippen MR) is 114 cm³/mol. The molecule has 1 rings (SSSR count). The number of hydrogen-bond acceptors (Lipinski definition) is 5. The van der Waals surface area contributed by atoms with E-state index in [2.05, 4.69) is 32.9 Å². The molecule has 0 aliphatic carbocycles. The maximum atomic E-state index is 11.8. The van der Waals surface area contributed by atoms with Gasteiger partial charge in [0, 0.05) is 39.9 Å². The van der Waals surface area contributed by atoms with E-state index in [-0.39, 0.29) is 36.4 Å². The summed E-state index contributed by atoms with van der Waals surface area (Å²) in [6, 6.07) is 3.61. The number of guanidine groups is 1. The van der Waals surface area contributed by atoms with Gasteiger partial charge in [-0.25, -0.2) is 4.99 Å². The van der Waals surface area contributed by atoms with Crippen LogP contribution in [0.5, 0.6) is 0 Å². The molecule has 0 aromatic carbocycles. The molecule has 0 unspecified atom stereocenters. The third-order valence-electron chi connectivity index (χ3n) is 3.44. The molecule has 0 saturated heterocycles. The van der Waals surface area contributed by atoms with Gasteiger partial charge in [0.2, 0.25) is 5.91 Å². The second-order valence-corrected chi connectivity index (χ2v) is 5.63. The van der Waals surface area contributed by atoms with Crippen molar-refractivity contribution in [3.63, 3.8) is 0 Å². The minimum atomic E-state index is -0.148. The topological polar surface area (TPSA) is 91.1 Å². The Bertz CT molecular complexity index is 497. The number of nitrogens with one attached hydrogen (secondary N) is 3. The van der Waals surface area contributed by atoms with Gasteiger partial charge in [-0.15, -0.1) is 24.0 Å². The molecule has 0 atom stereocenters. The van der Waals surface area contributed by atoms with Gasteiger partial charge in [0.15, 0.2) is 5.96 Å². The Balaban J connectivity index is 0.00000625. The highest BCUT2D eigenvalue weighted by Crippen LogP contribution is 1.98. The van der Waals surface area contributed by atoms with Crippen molar-refractivity contribution in [2.45, 2.75) is 19.9 Å². The van der Waals surface area contributed by atoms with Crippen molar-refractivity contribution in [3.8, 4) is 0 Å². The lowest BCUT2D eigenvalue weighted by atomic mass is 10.4. The van der Waals surface area contributed by atoms with E-state index in [0.29, 0.717) is 12.5 Å². The van der Waals surface area contributed by atoms with Crippen LogP contribution in [-0.2, 0) is 16.1 Å². The molecule has 0 fully saturated rings. The number of amides is 1. The van der Waals surface area contributed by atoms with E-state index in [0.717, 1.165) is 45.0 Å². The molecule has 0 spiro atoms. The quantitative estimate of drug-likeness (QED) is 0.179. The number of aliphatic imine (C=N–C) groups is 1. The average molecular weight is 481 g/mol. The van der Waals surface area contributed by atoms with Crippen LogP contribution in [0.2, 0.25) is 0 Å². The highest BCUT2D eigenvalue weighted by molar-refractivity contribution is 14.0. The van der Waals surface area contributed by atoms with Crippen LogP contribution in [0, 0.1) is 0 Å². The van der Waals surface area contributed by atoms with Crippen molar-refractivity contribution in [1.29, 1.82) is 0 Å². The van der Waals surface area contributed by atoms with Crippen molar-refractivity contribution >= 4 is 35.8 Å². The molecule has 26 heavy (non-hydrogen) atoms. The number of carbonyl (C=O) groups is 1. The Hall–Kier alpha value is -1.33. The number of halogens is 1. The predicted octanol–water partition coefficient (Wildman–Crippen LogP) is 1.04. The number of nitrogens with zero attached hydrogens (tertiary/aromatic N) is 2. The molecule has 0 aliphatic heterocycles. The first-order chi connectivity index (χ1) is 12.2. The molecular formula is C17H32IN5O3. The van der Waals surface area contributed by atoms with Crippen LogP contribution in [-0.4, -0.2) is 70.3 Å².